The van der Waals surface area contributed by atoms with E-state index < -0.39 is 0 Å². The van der Waals surface area contributed by atoms with Gasteiger partial charge in [-0.1, -0.05) is 48.5 Å². The highest BCUT2D eigenvalue weighted by molar-refractivity contribution is 6.08. The van der Waals surface area contributed by atoms with Crippen LogP contribution in [0.3, 0.4) is 0 Å². The van der Waals surface area contributed by atoms with E-state index in [0.717, 1.165) is 12.2 Å². The summed E-state index contributed by atoms with van der Waals surface area (Å²) < 4.78 is 6.19. The third-order valence-corrected chi connectivity index (χ3v) is 4.33. The van der Waals surface area contributed by atoms with Crippen molar-refractivity contribution in [1.82, 2.24) is 4.98 Å². The van der Waals surface area contributed by atoms with Crippen molar-refractivity contribution in [2.75, 3.05) is 0 Å². The molecule has 0 fully saturated rings. The predicted molar refractivity (Wildman–Crippen MR) is 105 cm³/mol. The second kappa shape index (κ2) is 5.96. The highest BCUT2D eigenvalue weighted by atomic mass is 16.5. The Bertz CT molecular complexity index is 1020. The van der Waals surface area contributed by atoms with Gasteiger partial charge in [-0.15, -0.1) is 0 Å². The number of nitrogens with one attached hydrogen (secondary N) is 1. The molecule has 0 saturated carbocycles. The zero-order valence-electron chi connectivity index (χ0n) is 15.0. The van der Waals surface area contributed by atoms with E-state index in [1.54, 1.807) is 0 Å². The van der Waals surface area contributed by atoms with Crippen LogP contribution in [0.15, 0.2) is 66.7 Å². The van der Waals surface area contributed by atoms with Gasteiger partial charge in [-0.25, -0.2) is 0 Å². The summed E-state index contributed by atoms with van der Waals surface area (Å²) in [6.07, 6.45) is 0.880. The first-order valence-electron chi connectivity index (χ1n) is 8.76. The van der Waals surface area contributed by atoms with Gasteiger partial charge in [0.25, 0.3) is 0 Å². The van der Waals surface area contributed by atoms with E-state index >= 15 is 0 Å². The molecule has 3 aromatic carbocycles. The second-order valence-corrected chi connectivity index (χ2v) is 7.55. The van der Waals surface area contributed by atoms with Crippen LogP contribution >= 0.6 is 0 Å². The Balaban J connectivity index is 1.91. The molecule has 0 amide bonds. The number of hydrogen-bond acceptors (Lipinski definition) is 1. The smallest absolute Gasteiger partial charge is 0.121 e. The quantitative estimate of drug-likeness (QED) is 0.483. The van der Waals surface area contributed by atoms with Gasteiger partial charge >= 0.3 is 0 Å². The Labute approximate surface area is 148 Å². The number of H-pyrrole nitrogens is 1. The lowest BCUT2D eigenvalue weighted by Gasteiger charge is -2.22. The molecule has 0 unspecified atom stereocenters. The summed E-state index contributed by atoms with van der Waals surface area (Å²) in [5.41, 5.74) is 4.71. The van der Waals surface area contributed by atoms with E-state index in [9.17, 15) is 0 Å². The predicted octanol–water partition coefficient (Wildman–Crippen LogP) is 6.09. The van der Waals surface area contributed by atoms with Crippen molar-refractivity contribution in [1.29, 1.82) is 0 Å². The van der Waals surface area contributed by atoms with E-state index in [4.69, 9.17) is 4.74 Å². The molecule has 0 bridgehead atoms. The number of para-hydroxylation sites is 1. The molecule has 0 spiro atoms. The number of ether oxygens (including phenoxy) is 1. The van der Waals surface area contributed by atoms with Crippen molar-refractivity contribution < 1.29 is 4.74 Å². The molecule has 1 aromatic heterocycles. The van der Waals surface area contributed by atoms with E-state index in [2.05, 4.69) is 92.5 Å². The number of aromatic amines is 1. The lowest BCUT2D eigenvalue weighted by Crippen LogP contribution is -2.23. The van der Waals surface area contributed by atoms with Crippen molar-refractivity contribution in [3.63, 3.8) is 0 Å². The zero-order valence-corrected chi connectivity index (χ0v) is 15.0. The molecule has 2 nitrogen and oxygen atoms in total. The van der Waals surface area contributed by atoms with Crippen LogP contribution in [-0.4, -0.2) is 10.6 Å². The number of hydrogen-bond donors (Lipinski definition) is 1. The van der Waals surface area contributed by atoms with Gasteiger partial charge in [0.1, 0.15) is 11.4 Å². The summed E-state index contributed by atoms with van der Waals surface area (Å²) in [7, 11) is 0. The van der Waals surface area contributed by atoms with Gasteiger partial charge in [-0.3, -0.25) is 0 Å². The van der Waals surface area contributed by atoms with E-state index in [-0.39, 0.29) is 5.60 Å². The molecule has 1 N–H and O–H groups in total. The van der Waals surface area contributed by atoms with Crippen molar-refractivity contribution >= 4 is 21.8 Å². The van der Waals surface area contributed by atoms with Crippen LogP contribution in [0.5, 0.6) is 5.75 Å². The van der Waals surface area contributed by atoms with Crippen LogP contribution in [0.1, 0.15) is 31.9 Å². The molecule has 0 radical (unpaired) electrons. The maximum Gasteiger partial charge on any atom is 0.121 e. The van der Waals surface area contributed by atoms with Crippen molar-refractivity contribution in [3.05, 3.63) is 77.9 Å². The molecular formula is C23H23NO. The van der Waals surface area contributed by atoms with Crippen LogP contribution in [0.4, 0.5) is 0 Å². The van der Waals surface area contributed by atoms with Crippen molar-refractivity contribution in [2.24, 2.45) is 0 Å². The van der Waals surface area contributed by atoms with E-state index in [1.807, 2.05) is 0 Å². The maximum absolute atomic E-state index is 6.19. The van der Waals surface area contributed by atoms with E-state index in [1.165, 1.54) is 32.9 Å². The molecule has 0 aliphatic heterocycles. The first-order valence-corrected chi connectivity index (χ1v) is 8.76. The minimum absolute atomic E-state index is 0.218. The number of aromatic nitrogens is 1. The Morgan fingerprint density at radius 3 is 2.32 bits per heavy atom. The first-order chi connectivity index (χ1) is 12.0. The van der Waals surface area contributed by atoms with Crippen molar-refractivity contribution in [3.8, 4) is 5.75 Å². The minimum atomic E-state index is -0.218. The normalized spacial score (nSPS) is 12.0. The lowest BCUT2D eigenvalue weighted by atomic mass is 10.0. The largest absolute Gasteiger partial charge is 0.488 e. The Hall–Kier alpha value is -2.74. The monoisotopic (exact) mass is 329 g/mol. The molecule has 4 rings (SSSR count). The van der Waals surface area contributed by atoms with Crippen LogP contribution in [0.2, 0.25) is 0 Å². The highest BCUT2D eigenvalue weighted by Gasteiger charge is 2.16. The fourth-order valence-electron chi connectivity index (χ4n) is 3.36. The lowest BCUT2D eigenvalue weighted by molar-refractivity contribution is 0.131. The SMILES string of the molecule is CC(C)(C)Oc1cc(Cc2ccccc2)c2[nH]c3ccccc3c2c1. The molecular weight excluding hydrogens is 306 g/mol. The van der Waals surface area contributed by atoms with Gasteiger partial charge in [0.2, 0.25) is 0 Å². The number of fused-ring (bicyclic) bond motifs is 3. The average Bonchev–Trinajstić information content (AvgIpc) is 2.93. The van der Waals surface area contributed by atoms with Gasteiger partial charge in [0.15, 0.2) is 0 Å². The molecule has 126 valence electrons. The Morgan fingerprint density at radius 2 is 1.56 bits per heavy atom. The van der Waals surface area contributed by atoms with Gasteiger partial charge in [0.05, 0.1) is 5.52 Å². The van der Waals surface area contributed by atoms with Crippen LogP contribution in [0.25, 0.3) is 21.8 Å². The topological polar surface area (TPSA) is 25.0 Å². The van der Waals surface area contributed by atoms with Crippen LogP contribution < -0.4 is 4.74 Å². The third kappa shape index (κ3) is 3.25. The van der Waals surface area contributed by atoms with Gasteiger partial charge in [-0.2, -0.15) is 0 Å². The molecule has 25 heavy (non-hydrogen) atoms. The minimum Gasteiger partial charge on any atom is -0.488 e. The zero-order chi connectivity index (χ0) is 17.4. The third-order valence-electron chi connectivity index (χ3n) is 4.33. The summed E-state index contributed by atoms with van der Waals surface area (Å²) in [5, 5.41) is 2.47. The molecule has 0 saturated heterocycles. The molecule has 0 aliphatic carbocycles. The molecule has 0 aliphatic rings. The van der Waals surface area contributed by atoms with Crippen molar-refractivity contribution in [2.45, 2.75) is 32.8 Å². The van der Waals surface area contributed by atoms with Gasteiger partial charge in [-0.05, 0) is 56.5 Å². The molecule has 2 heteroatoms. The van der Waals surface area contributed by atoms with Crippen LogP contribution in [-0.2, 0) is 6.42 Å². The fraction of sp³-hybridized carbons (Fsp3) is 0.217. The summed E-state index contributed by atoms with van der Waals surface area (Å²) in [4.78, 5) is 3.60. The molecule has 4 aromatic rings. The first kappa shape index (κ1) is 15.8. The maximum atomic E-state index is 6.19. The highest BCUT2D eigenvalue weighted by Crippen LogP contribution is 2.33. The van der Waals surface area contributed by atoms with E-state index in [0.29, 0.717) is 0 Å². The van der Waals surface area contributed by atoms with Crippen LogP contribution in [0, 0.1) is 0 Å². The summed E-state index contributed by atoms with van der Waals surface area (Å²) >= 11 is 0. The standard InChI is InChI=1S/C23H23NO/c1-23(2,3)25-18-14-17(13-16-9-5-4-6-10-16)22-20(15-18)19-11-7-8-12-21(19)24-22/h4-12,14-15,24H,13H2,1-3H3. The van der Waals surface area contributed by atoms with Gasteiger partial charge in [0, 0.05) is 16.3 Å². The Morgan fingerprint density at radius 1 is 0.840 bits per heavy atom. The summed E-state index contributed by atoms with van der Waals surface area (Å²) in [6.45, 7) is 6.26. The number of benzene rings is 3. The summed E-state index contributed by atoms with van der Waals surface area (Å²) in [5.74, 6) is 0.927. The Kier molecular flexibility index (Phi) is 3.76. The molecule has 1 heterocycles. The second-order valence-electron chi connectivity index (χ2n) is 7.55. The van der Waals surface area contributed by atoms with Gasteiger partial charge < -0.3 is 9.72 Å². The summed E-state index contributed by atoms with van der Waals surface area (Å²) in [6, 6.07) is 23.4. The fourth-order valence-corrected chi connectivity index (χ4v) is 3.36. The average molecular weight is 329 g/mol. The number of rotatable bonds is 3. The molecule has 0 atom stereocenters.